The number of rotatable bonds is 4. The van der Waals surface area contributed by atoms with Crippen molar-refractivity contribution in [1.82, 2.24) is 0 Å². The molecule has 0 heterocycles. The molecule has 2 aromatic carbocycles. The highest BCUT2D eigenvalue weighted by Crippen LogP contribution is 2.30. The number of aliphatic hydroxyl groups is 1. The number of aliphatic hydroxyl groups excluding tert-OH is 1. The van der Waals surface area contributed by atoms with E-state index in [1.54, 1.807) is 6.07 Å². The van der Waals surface area contributed by atoms with Crippen LogP contribution in [0.25, 0.3) is 0 Å². The maximum absolute atomic E-state index is 13.1. The Hall–Kier alpha value is -1.10. The highest BCUT2D eigenvalue weighted by molar-refractivity contribution is 7.99. The molecule has 0 aliphatic heterocycles. The Morgan fingerprint density at radius 3 is 2.53 bits per heavy atom. The van der Waals surface area contributed by atoms with Crippen molar-refractivity contribution in [1.29, 1.82) is 0 Å². The first kappa shape index (κ1) is 14.3. The fraction of sp³-hybridized carbons (Fsp3) is 0.143. The molecule has 5 heteroatoms. The highest BCUT2D eigenvalue weighted by atomic mass is 35.5. The van der Waals surface area contributed by atoms with Gasteiger partial charge in [-0.1, -0.05) is 29.8 Å². The van der Waals surface area contributed by atoms with Crippen LogP contribution in [-0.2, 0) is 0 Å². The lowest BCUT2D eigenvalue weighted by atomic mass is 10.1. The molecule has 0 aliphatic rings. The van der Waals surface area contributed by atoms with E-state index in [0.29, 0.717) is 16.3 Å². The van der Waals surface area contributed by atoms with Crippen molar-refractivity contribution < 1.29 is 13.9 Å². The Morgan fingerprint density at radius 1 is 1.11 bits per heavy atom. The van der Waals surface area contributed by atoms with Gasteiger partial charge >= 0.3 is 0 Å². The van der Waals surface area contributed by atoms with Gasteiger partial charge in [-0.2, -0.15) is 0 Å². The van der Waals surface area contributed by atoms with Gasteiger partial charge in [0.1, 0.15) is 0 Å². The molecule has 2 aromatic rings. The Labute approximate surface area is 119 Å². The molecule has 2 rings (SSSR count). The second kappa shape index (κ2) is 6.37. The summed E-state index contributed by atoms with van der Waals surface area (Å²) in [6, 6.07) is 10.6. The molecule has 19 heavy (non-hydrogen) atoms. The van der Waals surface area contributed by atoms with Crippen LogP contribution in [-0.4, -0.2) is 10.9 Å². The molecule has 1 atom stereocenters. The van der Waals surface area contributed by atoms with Crippen molar-refractivity contribution in [3.05, 3.63) is 64.7 Å². The van der Waals surface area contributed by atoms with Crippen LogP contribution < -0.4 is 0 Å². The molecule has 0 radical (unpaired) electrons. The van der Waals surface area contributed by atoms with E-state index in [-0.39, 0.29) is 0 Å². The first-order chi connectivity index (χ1) is 9.08. The summed E-state index contributed by atoms with van der Waals surface area (Å²) in [5.74, 6) is -1.57. The third-order valence-corrected chi connectivity index (χ3v) is 4.15. The van der Waals surface area contributed by atoms with Gasteiger partial charge < -0.3 is 5.11 Å². The van der Waals surface area contributed by atoms with Crippen LogP contribution in [0.2, 0.25) is 5.02 Å². The molecule has 1 unspecified atom stereocenters. The van der Waals surface area contributed by atoms with Crippen molar-refractivity contribution in [2.24, 2.45) is 0 Å². The number of thioether (sulfide) groups is 1. The minimum Gasteiger partial charge on any atom is -0.388 e. The topological polar surface area (TPSA) is 20.2 Å². The molecule has 100 valence electrons. The first-order valence-electron chi connectivity index (χ1n) is 5.58. The van der Waals surface area contributed by atoms with Gasteiger partial charge in [-0.3, -0.25) is 0 Å². The van der Waals surface area contributed by atoms with Crippen molar-refractivity contribution >= 4 is 23.4 Å². The second-order valence-corrected chi connectivity index (χ2v) is 5.40. The monoisotopic (exact) mass is 300 g/mol. The van der Waals surface area contributed by atoms with E-state index in [1.165, 1.54) is 17.8 Å². The number of hydrogen-bond donors (Lipinski definition) is 1. The van der Waals surface area contributed by atoms with Gasteiger partial charge in [-0.25, -0.2) is 8.78 Å². The molecule has 0 amide bonds. The molecular formula is C14H11ClF2OS. The quantitative estimate of drug-likeness (QED) is 0.842. The Morgan fingerprint density at radius 2 is 1.84 bits per heavy atom. The minimum absolute atomic E-state index is 0.314. The fourth-order valence-electron chi connectivity index (χ4n) is 1.55. The normalized spacial score (nSPS) is 12.4. The number of hydrogen-bond acceptors (Lipinski definition) is 2. The summed E-state index contributed by atoms with van der Waals surface area (Å²) in [6.07, 6.45) is -0.878. The van der Waals surface area contributed by atoms with Gasteiger partial charge in [0.15, 0.2) is 11.6 Å². The average molecular weight is 301 g/mol. The van der Waals surface area contributed by atoms with Crippen LogP contribution >= 0.6 is 23.4 Å². The van der Waals surface area contributed by atoms with E-state index < -0.39 is 17.7 Å². The van der Waals surface area contributed by atoms with E-state index in [2.05, 4.69) is 0 Å². The number of benzene rings is 2. The van der Waals surface area contributed by atoms with Crippen LogP contribution in [0.15, 0.2) is 47.4 Å². The van der Waals surface area contributed by atoms with Crippen molar-refractivity contribution in [2.45, 2.75) is 11.0 Å². The summed E-state index contributed by atoms with van der Waals surface area (Å²) in [6.45, 7) is 0. The maximum Gasteiger partial charge on any atom is 0.159 e. The van der Waals surface area contributed by atoms with Gasteiger partial charge in [-0.15, -0.1) is 11.8 Å². The summed E-state index contributed by atoms with van der Waals surface area (Å²) in [4.78, 5) is 0.839. The standard InChI is InChI=1S/C14H11ClF2OS/c15-10-3-1-2-4-14(10)19-8-13(18)9-5-6-11(16)12(17)7-9/h1-7,13,18H,8H2. The van der Waals surface area contributed by atoms with E-state index in [0.717, 1.165) is 17.0 Å². The fourth-order valence-corrected chi connectivity index (χ4v) is 2.76. The Balaban J connectivity index is 2.03. The molecule has 0 aromatic heterocycles. The summed E-state index contributed by atoms with van der Waals surface area (Å²) < 4.78 is 25.8. The van der Waals surface area contributed by atoms with Crippen LogP contribution in [0.3, 0.4) is 0 Å². The zero-order valence-corrected chi connectivity index (χ0v) is 11.4. The van der Waals surface area contributed by atoms with Gasteiger partial charge in [-0.05, 0) is 29.8 Å². The molecular weight excluding hydrogens is 290 g/mol. The van der Waals surface area contributed by atoms with Gasteiger partial charge in [0.25, 0.3) is 0 Å². The van der Waals surface area contributed by atoms with Crippen molar-refractivity contribution in [2.75, 3.05) is 5.75 Å². The lowest BCUT2D eigenvalue weighted by molar-refractivity contribution is 0.203. The predicted octanol–water partition coefficient (Wildman–Crippen LogP) is 4.44. The van der Waals surface area contributed by atoms with E-state index in [4.69, 9.17) is 11.6 Å². The summed E-state index contributed by atoms with van der Waals surface area (Å²) >= 11 is 7.35. The smallest absolute Gasteiger partial charge is 0.159 e. The first-order valence-corrected chi connectivity index (χ1v) is 6.94. The van der Waals surface area contributed by atoms with E-state index in [9.17, 15) is 13.9 Å². The number of halogens is 3. The average Bonchev–Trinajstić information content (AvgIpc) is 2.40. The lowest BCUT2D eigenvalue weighted by Crippen LogP contribution is -2.02. The van der Waals surface area contributed by atoms with E-state index >= 15 is 0 Å². The lowest BCUT2D eigenvalue weighted by Gasteiger charge is -2.11. The molecule has 0 aliphatic carbocycles. The molecule has 0 saturated heterocycles. The zero-order chi connectivity index (χ0) is 13.8. The molecule has 1 nitrogen and oxygen atoms in total. The summed E-state index contributed by atoms with van der Waals surface area (Å²) in [5, 5.41) is 10.5. The van der Waals surface area contributed by atoms with Gasteiger partial charge in [0, 0.05) is 10.6 Å². The SMILES string of the molecule is OC(CSc1ccccc1Cl)c1ccc(F)c(F)c1. The molecule has 0 bridgehead atoms. The second-order valence-electron chi connectivity index (χ2n) is 3.93. The summed E-state index contributed by atoms with van der Waals surface area (Å²) in [5.41, 5.74) is 0.346. The third-order valence-electron chi connectivity index (χ3n) is 2.56. The van der Waals surface area contributed by atoms with Crippen LogP contribution in [0.4, 0.5) is 8.78 Å². The maximum atomic E-state index is 13.1. The van der Waals surface area contributed by atoms with Crippen molar-refractivity contribution in [3.63, 3.8) is 0 Å². The minimum atomic E-state index is -0.959. The van der Waals surface area contributed by atoms with Crippen LogP contribution in [0.1, 0.15) is 11.7 Å². The van der Waals surface area contributed by atoms with Crippen LogP contribution in [0, 0.1) is 11.6 Å². The van der Waals surface area contributed by atoms with Gasteiger partial charge in [0.2, 0.25) is 0 Å². The summed E-state index contributed by atoms with van der Waals surface area (Å²) in [7, 11) is 0. The zero-order valence-electron chi connectivity index (χ0n) is 9.82. The third kappa shape index (κ3) is 3.69. The van der Waals surface area contributed by atoms with Gasteiger partial charge in [0.05, 0.1) is 11.1 Å². The van der Waals surface area contributed by atoms with Crippen molar-refractivity contribution in [3.8, 4) is 0 Å². The largest absolute Gasteiger partial charge is 0.388 e. The Bertz CT molecular complexity index is 577. The molecule has 0 saturated carbocycles. The van der Waals surface area contributed by atoms with E-state index in [1.807, 2.05) is 18.2 Å². The molecule has 0 fully saturated rings. The predicted molar refractivity (Wildman–Crippen MR) is 73.5 cm³/mol. The Kier molecular flexibility index (Phi) is 4.80. The highest BCUT2D eigenvalue weighted by Gasteiger charge is 2.12. The molecule has 1 N–H and O–H groups in total. The molecule has 0 spiro atoms. The van der Waals surface area contributed by atoms with Crippen LogP contribution in [0.5, 0.6) is 0 Å².